The van der Waals surface area contributed by atoms with Gasteiger partial charge in [-0.05, 0) is 56.5 Å². The number of amides is 3. The summed E-state index contributed by atoms with van der Waals surface area (Å²) in [5.74, 6) is 0.960. The van der Waals surface area contributed by atoms with Crippen LogP contribution in [-0.2, 0) is 4.79 Å². The van der Waals surface area contributed by atoms with E-state index in [0.717, 1.165) is 36.5 Å². The van der Waals surface area contributed by atoms with Gasteiger partial charge < -0.3 is 20.9 Å². The van der Waals surface area contributed by atoms with Gasteiger partial charge in [-0.1, -0.05) is 12.1 Å². The third-order valence-electron chi connectivity index (χ3n) is 4.72. The molecule has 148 valence electrons. The highest BCUT2D eigenvalue weighted by Crippen LogP contribution is 2.28. The summed E-state index contributed by atoms with van der Waals surface area (Å²) < 4.78 is 0. The minimum absolute atomic E-state index is 0.129. The Morgan fingerprint density at radius 3 is 2.82 bits per heavy atom. The summed E-state index contributed by atoms with van der Waals surface area (Å²) in [5, 5.41) is 8.89. The standard InChI is InChI=1S/C21H27N5O2/c1-15-7-9-19(24-14-15)22-11-4-12-23-21(28)25-17-5-3-6-18(13-17)26-16(2)8-10-20(26)27/h3,5-7,9,13-14,16H,4,8,10-12H2,1-2H3,(H,22,24)(H2,23,25,28). The molecule has 1 saturated heterocycles. The fraction of sp³-hybridized carbons (Fsp3) is 0.381. The number of hydrogen-bond acceptors (Lipinski definition) is 4. The van der Waals surface area contributed by atoms with Gasteiger partial charge in [0, 0.05) is 43.1 Å². The lowest BCUT2D eigenvalue weighted by Crippen LogP contribution is -2.32. The molecular weight excluding hydrogens is 354 g/mol. The molecule has 1 fully saturated rings. The van der Waals surface area contributed by atoms with Crippen LogP contribution in [0.3, 0.4) is 0 Å². The molecule has 3 amide bonds. The first-order chi connectivity index (χ1) is 13.5. The van der Waals surface area contributed by atoms with Crippen molar-refractivity contribution in [2.45, 2.75) is 39.2 Å². The Morgan fingerprint density at radius 2 is 2.11 bits per heavy atom. The lowest BCUT2D eigenvalue weighted by molar-refractivity contribution is -0.117. The molecule has 0 radical (unpaired) electrons. The lowest BCUT2D eigenvalue weighted by atomic mass is 10.2. The molecule has 1 aromatic heterocycles. The minimum Gasteiger partial charge on any atom is -0.370 e. The molecule has 0 saturated carbocycles. The number of rotatable bonds is 7. The van der Waals surface area contributed by atoms with Crippen LogP contribution in [0.2, 0.25) is 0 Å². The molecule has 3 N–H and O–H groups in total. The molecule has 2 aromatic rings. The fourth-order valence-electron chi connectivity index (χ4n) is 3.21. The first-order valence-corrected chi connectivity index (χ1v) is 9.66. The van der Waals surface area contributed by atoms with Crippen molar-refractivity contribution < 1.29 is 9.59 Å². The number of carbonyl (C=O) groups excluding carboxylic acids is 2. The van der Waals surface area contributed by atoms with Crippen LogP contribution in [0.4, 0.5) is 22.0 Å². The van der Waals surface area contributed by atoms with Crippen LogP contribution in [-0.4, -0.2) is 36.1 Å². The quantitative estimate of drug-likeness (QED) is 0.641. The van der Waals surface area contributed by atoms with Gasteiger partial charge in [-0.2, -0.15) is 0 Å². The van der Waals surface area contributed by atoms with Crippen molar-refractivity contribution in [2.24, 2.45) is 0 Å². The molecule has 0 bridgehead atoms. The van der Waals surface area contributed by atoms with E-state index >= 15 is 0 Å². The van der Waals surface area contributed by atoms with Crippen LogP contribution in [0.25, 0.3) is 0 Å². The predicted octanol–water partition coefficient (Wildman–Crippen LogP) is 3.53. The van der Waals surface area contributed by atoms with E-state index in [1.807, 2.05) is 56.4 Å². The van der Waals surface area contributed by atoms with E-state index in [-0.39, 0.29) is 18.0 Å². The third-order valence-corrected chi connectivity index (χ3v) is 4.72. The number of hydrogen-bond donors (Lipinski definition) is 3. The first kappa shape index (κ1) is 19.7. The highest BCUT2D eigenvalue weighted by molar-refractivity contribution is 5.97. The summed E-state index contributed by atoms with van der Waals surface area (Å²) in [6, 6.07) is 11.3. The van der Waals surface area contributed by atoms with E-state index in [1.54, 1.807) is 4.90 Å². The fourth-order valence-corrected chi connectivity index (χ4v) is 3.21. The van der Waals surface area contributed by atoms with Crippen LogP contribution in [0.5, 0.6) is 0 Å². The number of aromatic nitrogens is 1. The van der Waals surface area contributed by atoms with Gasteiger partial charge in [0.25, 0.3) is 0 Å². The number of urea groups is 1. The van der Waals surface area contributed by atoms with Gasteiger partial charge in [-0.25, -0.2) is 9.78 Å². The van der Waals surface area contributed by atoms with Gasteiger partial charge in [0.15, 0.2) is 0 Å². The summed E-state index contributed by atoms with van der Waals surface area (Å²) in [4.78, 5) is 30.2. The third kappa shape index (κ3) is 5.22. The van der Waals surface area contributed by atoms with E-state index in [2.05, 4.69) is 20.9 Å². The van der Waals surface area contributed by atoms with Crippen LogP contribution < -0.4 is 20.9 Å². The summed E-state index contributed by atoms with van der Waals surface area (Å²) in [7, 11) is 0. The normalized spacial score (nSPS) is 16.1. The van der Waals surface area contributed by atoms with Crippen molar-refractivity contribution in [1.82, 2.24) is 10.3 Å². The Hall–Kier alpha value is -3.09. The van der Waals surface area contributed by atoms with Gasteiger partial charge >= 0.3 is 6.03 Å². The smallest absolute Gasteiger partial charge is 0.319 e. The molecule has 1 aromatic carbocycles. The molecule has 0 aliphatic carbocycles. The highest BCUT2D eigenvalue weighted by atomic mass is 16.2. The van der Waals surface area contributed by atoms with Crippen molar-refractivity contribution in [3.8, 4) is 0 Å². The van der Waals surface area contributed by atoms with E-state index in [1.165, 1.54) is 0 Å². The van der Waals surface area contributed by atoms with Gasteiger partial charge in [0.1, 0.15) is 5.82 Å². The monoisotopic (exact) mass is 381 g/mol. The van der Waals surface area contributed by atoms with Crippen molar-refractivity contribution in [2.75, 3.05) is 28.6 Å². The molecule has 3 rings (SSSR count). The van der Waals surface area contributed by atoms with Crippen LogP contribution in [0, 0.1) is 6.92 Å². The number of carbonyl (C=O) groups is 2. The van der Waals surface area contributed by atoms with Crippen molar-refractivity contribution in [1.29, 1.82) is 0 Å². The molecular formula is C21H27N5O2. The number of aryl methyl sites for hydroxylation is 1. The van der Waals surface area contributed by atoms with Gasteiger partial charge in [-0.15, -0.1) is 0 Å². The Bertz CT molecular complexity index is 822. The molecule has 1 aliphatic rings. The maximum atomic E-state index is 12.1. The molecule has 1 unspecified atom stereocenters. The SMILES string of the molecule is Cc1ccc(NCCCNC(=O)Nc2cccc(N3C(=O)CCC3C)c2)nc1. The topological polar surface area (TPSA) is 86.4 Å². The number of nitrogens with zero attached hydrogens (tertiary/aromatic N) is 2. The average molecular weight is 381 g/mol. The summed E-state index contributed by atoms with van der Waals surface area (Å²) in [5.41, 5.74) is 2.61. The van der Waals surface area contributed by atoms with E-state index in [0.29, 0.717) is 18.7 Å². The van der Waals surface area contributed by atoms with Crippen LogP contribution in [0.15, 0.2) is 42.6 Å². The van der Waals surface area contributed by atoms with Crippen molar-refractivity contribution in [3.63, 3.8) is 0 Å². The van der Waals surface area contributed by atoms with Gasteiger partial charge in [-0.3, -0.25) is 4.79 Å². The molecule has 1 atom stereocenters. The number of anilines is 3. The van der Waals surface area contributed by atoms with Crippen molar-refractivity contribution >= 4 is 29.1 Å². The van der Waals surface area contributed by atoms with Gasteiger partial charge in [0.05, 0.1) is 0 Å². The zero-order chi connectivity index (χ0) is 19.9. The van der Waals surface area contributed by atoms with Crippen LogP contribution in [0.1, 0.15) is 31.7 Å². The Morgan fingerprint density at radius 1 is 1.25 bits per heavy atom. The number of pyridine rings is 1. The molecule has 1 aliphatic heterocycles. The van der Waals surface area contributed by atoms with Crippen molar-refractivity contribution in [3.05, 3.63) is 48.2 Å². The number of nitrogens with one attached hydrogen (secondary N) is 3. The minimum atomic E-state index is -0.258. The zero-order valence-electron chi connectivity index (χ0n) is 16.4. The summed E-state index contributed by atoms with van der Waals surface area (Å²) in [6.45, 7) is 5.31. The Balaban J connectivity index is 1.41. The lowest BCUT2D eigenvalue weighted by Gasteiger charge is -2.22. The number of benzene rings is 1. The molecule has 28 heavy (non-hydrogen) atoms. The average Bonchev–Trinajstić information content (AvgIpc) is 3.01. The maximum Gasteiger partial charge on any atom is 0.319 e. The summed E-state index contributed by atoms with van der Waals surface area (Å²) >= 11 is 0. The Labute approximate surface area is 165 Å². The maximum absolute atomic E-state index is 12.1. The van der Waals surface area contributed by atoms with E-state index < -0.39 is 0 Å². The second-order valence-corrected chi connectivity index (χ2v) is 7.08. The molecule has 0 spiro atoms. The molecule has 2 heterocycles. The summed E-state index contributed by atoms with van der Waals surface area (Å²) in [6.07, 6.45) is 4.04. The molecule has 7 heteroatoms. The zero-order valence-corrected chi connectivity index (χ0v) is 16.4. The predicted molar refractivity (Wildman–Crippen MR) is 112 cm³/mol. The largest absolute Gasteiger partial charge is 0.370 e. The second-order valence-electron chi connectivity index (χ2n) is 7.08. The second kappa shape index (κ2) is 9.21. The first-order valence-electron chi connectivity index (χ1n) is 9.66. The Kier molecular flexibility index (Phi) is 6.47. The van der Waals surface area contributed by atoms with E-state index in [9.17, 15) is 9.59 Å². The van der Waals surface area contributed by atoms with E-state index in [4.69, 9.17) is 0 Å². The van der Waals surface area contributed by atoms with Gasteiger partial charge in [0.2, 0.25) is 5.91 Å². The molecule has 7 nitrogen and oxygen atoms in total. The highest BCUT2D eigenvalue weighted by Gasteiger charge is 2.28. The van der Waals surface area contributed by atoms with Crippen LogP contribution >= 0.6 is 0 Å².